The molecule has 0 saturated carbocycles. The number of anilines is 2. The number of piperidine rings is 1. The third-order valence-corrected chi connectivity index (χ3v) is 3.99. The first kappa shape index (κ1) is 13.7. The van der Waals surface area contributed by atoms with Crippen LogP contribution in [0.3, 0.4) is 0 Å². The van der Waals surface area contributed by atoms with E-state index in [4.69, 9.17) is 0 Å². The van der Waals surface area contributed by atoms with Crippen LogP contribution in [0.4, 0.5) is 10.9 Å². The second-order valence-electron chi connectivity index (χ2n) is 4.84. The molecule has 0 radical (unpaired) electrons. The van der Waals surface area contributed by atoms with Gasteiger partial charge in [-0.05, 0) is 25.0 Å². The molecule has 1 saturated heterocycles. The number of carbonyl (C=O) groups excluding carboxylic acids is 1. The lowest BCUT2D eigenvalue weighted by atomic mass is 10.1. The van der Waals surface area contributed by atoms with Gasteiger partial charge in [-0.1, -0.05) is 23.5 Å². The smallest absolute Gasteiger partial charge is 0.259 e. The topological polar surface area (TPSA) is 71.0 Å². The molecule has 1 N–H and O–H groups in total. The monoisotopic (exact) mass is 301 g/mol. The molecule has 0 bridgehead atoms. The standard InChI is InChI=1S/C14H15N5OS/c1-10-4-6-19(7-5-10)12-3-2-11(8-15-12)13(20)17-14-18-16-9-21-14/h2-3,8-9H,1,4-7H2,(H,17,18,20). The zero-order valence-electron chi connectivity index (χ0n) is 11.5. The van der Waals surface area contributed by atoms with E-state index in [1.54, 1.807) is 17.8 Å². The lowest BCUT2D eigenvalue weighted by molar-refractivity contribution is 0.102. The summed E-state index contributed by atoms with van der Waals surface area (Å²) in [6, 6.07) is 3.66. The molecule has 1 fully saturated rings. The second kappa shape index (κ2) is 6.01. The molecule has 2 aromatic heterocycles. The van der Waals surface area contributed by atoms with Gasteiger partial charge in [0.05, 0.1) is 5.56 Å². The fourth-order valence-corrected chi connectivity index (χ4v) is 2.60. The van der Waals surface area contributed by atoms with Crippen molar-refractivity contribution < 1.29 is 4.79 Å². The van der Waals surface area contributed by atoms with E-state index in [-0.39, 0.29) is 5.91 Å². The lowest BCUT2D eigenvalue weighted by Gasteiger charge is -2.28. The first-order valence-corrected chi connectivity index (χ1v) is 7.55. The van der Waals surface area contributed by atoms with Crippen LogP contribution in [-0.4, -0.2) is 34.2 Å². The van der Waals surface area contributed by atoms with Gasteiger partial charge in [0.15, 0.2) is 0 Å². The van der Waals surface area contributed by atoms with Gasteiger partial charge in [-0.2, -0.15) is 0 Å². The maximum atomic E-state index is 12.0. The quantitative estimate of drug-likeness (QED) is 0.881. The van der Waals surface area contributed by atoms with Gasteiger partial charge in [-0.25, -0.2) is 4.98 Å². The third-order valence-electron chi connectivity index (χ3n) is 3.39. The molecule has 0 unspecified atom stereocenters. The summed E-state index contributed by atoms with van der Waals surface area (Å²) in [5.41, 5.74) is 3.37. The fourth-order valence-electron chi connectivity index (χ4n) is 2.16. The van der Waals surface area contributed by atoms with Crippen LogP contribution in [0.1, 0.15) is 23.2 Å². The number of hydrogen-bond acceptors (Lipinski definition) is 6. The second-order valence-corrected chi connectivity index (χ2v) is 5.67. The van der Waals surface area contributed by atoms with E-state index in [0.717, 1.165) is 31.7 Å². The van der Waals surface area contributed by atoms with Crippen LogP contribution in [0.15, 0.2) is 36.0 Å². The third kappa shape index (κ3) is 3.25. The first-order chi connectivity index (χ1) is 10.2. The molecule has 108 valence electrons. The van der Waals surface area contributed by atoms with Crippen LogP contribution in [0.2, 0.25) is 0 Å². The van der Waals surface area contributed by atoms with Gasteiger partial charge in [-0.15, -0.1) is 10.2 Å². The van der Waals surface area contributed by atoms with Crippen molar-refractivity contribution in [1.29, 1.82) is 0 Å². The molecule has 3 heterocycles. The zero-order chi connectivity index (χ0) is 14.7. The molecule has 1 amide bonds. The van der Waals surface area contributed by atoms with Gasteiger partial charge in [-0.3, -0.25) is 10.1 Å². The van der Waals surface area contributed by atoms with Gasteiger partial charge in [0.1, 0.15) is 11.3 Å². The first-order valence-electron chi connectivity index (χ1n) is 6.67. The summed E-state index contributed by atoms with van der Waals surface area (Å²) in [4.78, 5) is 18.6. The Labute approximate surface area is 126 Å². The Kier molecular flexibility index (Phi) is 3.92. The highest BCUT2D eigenvalue weighted by Gasteiger charge is 2.15. The van der Waals surface area contributed by atoms with Crippen LogP contribution < -0.4 is 10.2 Å². The predicted octanol–water partition coefficient (Wildman–Crippen LogP) is 2.34. The Balaban J connectivity index is 1.66. The van der Waals surface area contributed by atoms with Crippen LogP contribution in [0.5, 0.6) is 0 Å². The summed E-state index contributed by atoms with van der Waals surface area (Å²) in [6.45, 7) is 5.87. The fraction of sp³-hybridized carbons (Fsp3) is 0.286. The highest BCUT2D eigenvalue weighted by molar-refractivity contribution is 7.13. The van der Waals surface area contributed by atoms with Crippen molar-refractivity contribution in [3.8, 4) is 0 Å². The molecule has 0 spiro atoms. The highest BCUT2D eigenvalue weighted by atomic mass is 32.1. The molecule has 3 rings (SSSR count). The Bertz CT molecular complexity index is 628. The molecule has 2 aromatic rings. The molecule has 0 aliphatic carbocycles. The highest BCUT2D eigenvalue weighted by Crippen LogP contribution is 2.20. The molecule has 6 nitrogen and oxygen atoms in total. The van der Waals surface area contributed by atoms with Crippen molar-refractivity contribution >= 4 is 28.2 Å². The van der Waals surface area contributed by atoms with E-state index in [2.05, 4.69) is 32.0 Å². The van der Waals surface area contributed by atoms with Gasteiger partial charge >= 0.3 is 0 Å². The molecule has 1 aliphatic heterocycles. The molecule has 0 atom stereocenters. The summed E-state index contributed by atoms with van der Waals surface area (Å²) in [5.74, 6) is 0.674. The average molecular weight is 301 g/mol. The molecular formula is C14H15N5OS. The lowest BCUT2D eigenvalue weighted by Crippen LogP contribution is -2.31. The number of nitrogens with zero attached hydrogens (tertiary/aromatic N) is 4. The van der Waals surface area contributed by atoms with E-state index >= 15 is 0 Å². The van der Waals surface area contributed by atoms with Gasteiger partial charge < -0.3 is 4.90 Å². The van der Waals surface area contributed by atoms with Gasteiger partial charge in [0, 0.05) is 19.3 Å². The van der Waals surface area contributed by atoms with Gasteiger partial charge in [0.25, 0.3) is 5.91 Å². The Hall–Kier alpha value is -2.28. The minimum Gasteiger partial charge on any atom is -0.356 e. The maximum Gasteiger partial charge on any atom is 0.259 e. The average Bonchev–Trinajstić information content (AvgIpc) is 3.01. The molecule has 1 aliphatic rings. The van der Waals surface area contributed by atoms with Crippen molar-refractivity contribution in [3.05, 3.63) is 41.6 Å². The maximum absolute atomic E-state index is 12.0. The number of carbonyl (C=O) groups is 1. The van der Waals surface area contributed by atoms with Gasteiger partial charge in [0.2, 0.25) is 5.13 Å². The van der Waals surface area contributed by atoms with Crippen molar-refractivity contribution in [2.75, 3.05) is 23.3 Å². The molecular weight excluding hydrogens is 286 g/mol. The Morgan fingerprint density at radius 3 is 2.76 bits per heavy atom. The van der Waals surface area contributed by atoms with E-state index in [0.29, 0.717) is 10.7 Å². The normalized spacial score (nSPS) is 15.0. The SMILES string of the molecule is C=C1CCN(c2ccc(C(=O)Nc3nncs3)cn2)CC1. The van der Waals surface area contributed by atoms with Crippen LogP contribution in [-0.2, 0) is 0 Å². The van der Waals surface area contributed by atoms with Crippen molar-refractivity contribution in [1.82, 2.24) is 15.2 Å². The van der Waals surface area contributed by atoms with Crippen LogP contribution in [0.25, 0.3) is 0 Å². The summed E-state index contributed by atoms with van der Waals surface area (Å²) in [6.07, 6.45) is 3.59. The molecule has 0 aromatic carbocycles. The van der Waals surface area contributed by atoms with E-state index in [1.807, 2.05) is 6.07 Å². The van der Waals surface area contributed by atoms with E-state index in [9.17, 15) is 4.79 Å². The van der Waals surface area contributed by atoms with Crippen molar-refractivity contribution in [3.63, 3.8) is 0 Å². The number of pyridine rings is 1. The summed E-state index contributed by atoms with van der Waals surface area (Å²) >= 11 is 1.28. The predicted molar refractivity (Wildman–Crippen MR) is 82.7 cm³/mol. The summed E-state index contributed by atoms with van der Waals surface area (Å²) < 4.78 is 0. The van der Waals surface area contributed by atoms with E-state index < -0.39 is 0 Å². The largest absolute Gasteiger partial charge is 0.356 e. The van der Waals surface area contributed by atoms with Crippen molar-refractivity contribution in [2.24, 2.45) is 0 Å². The summed E-state index contributed by atoms with van der Waals surface area (Å²) in [7, 11) is 0. The molecule has 21 heavy (non-hydrogen) atoms. The number of nitrogens with one attached hydrogen (secondary N) is 1. The zero-order valence-corrected chi connectivity index (χ0v) is 12.3. The Morgan fingerprint density at radius 2 is 2.14 bits per heavy atom. The van der Waals surface area contributed by atoms with Crippen LogP contribution in [0, 0.1) is 0 Å². The minimum absolute atomic E-state index is 0.224. The Morgan fingerprint density at radius 1 is 1.33 bits per heavy atom. The molecule has 7 heteroatoms. The number of amides is 1. The number of hydrogen-bond donors (Lipinski definition) is 1. The number of rotatable bonds is 3. The minimum atomic E-state index is -0.224. The van der Waals surface area contributed by atoms with Crippen LogP contribution >= 0.6 is 11.3 Å². The van der Waals surface area contributed by atoms with Crippen molar-refractivity contribution in [2.45, 2.75) is 12.8 Å². The summed E-state index contributed by atoms with van der Waals surface area (Å²) in [5, 5.41) is 10.6. The number of aromatic nitrogens is 3. The van der Waals surface area contributed by atoms with E-state index in [1.165, 1.54) is 16.9 Å².